The third kappa shape index (κ3) is 8.44. The molecule has 1 saturated heterocycles. The molecule has 3 rings (SSSR count). The average molecular weight is 543 g/mol. The van der Waals surface area contributed by atoms with Crippen LogP contribution in [0.1, 0.15) is 6.92 Å². The minimum atomic E-state index is -0.271. The first-order chi connectivity index (χ1) is 14.6. The number of guanidine groups is 1. The van der Waals surface area contributed by atoms with Gasteiger partial charge in [0.2, 0.25) is 5.95 Å². The minimum absolute atomic E-state index is 0. The fourth-order valence-corrected chi connectivity index (χ4v) is 3.21. The summed E-state index contributed by atoms with van der Waals surface area (Å²) in [6.45, 7) is 8.10. The molecule has 1 aromatic carbocycles. The van der Waals surface area contributed by atoms with Gasteiger partial charge in [-0.05, 0) is 37.3 Å². The maximum absolute atomic E-state index is 13.0. The van der Waals surface area contributed by atoms with E-state index in [2.05, 4.69) is 35.4 Å². The number of aliphatic imine (C=N–C) groups is 1. The van der Waals surface area contributed by atoms with Gasteiger partial charge in [-0.2, -0.15) is 0 Å². The Hall–Kier alpha value is -2.21. The summed E-state index contributed by atoms with van der Waals surface area (Å²) in [7, 11) is 1.75. The van der Waals surface area contributed by atoms with E-state index in [1.807, 2.05) is 13.0 Å². The van der Waals surface area contributed by atoms with Gasteiger partial charge in [-0.1, -0.05) is 0 Å². The van der Waals surface area contributed by atoms with Crippen LogP contribution in [0.15, 0.2) is 47.7 Å². The quantitative estimate of drug-likeness (QED) is 0.300. The molecule has 0 radical (unpaired) electrons. The van der Waals surface area contributed by atoms with E-state index in [9.17, 15) is 4.39 Å². The maximum Gasteiger partial charge on any atom is 0.225 e. The normalized spacial score (nSPS) is 15.7. The molecule has 1 atom stereocenters. The van der Waals surface area contributed by atoms with Gasteiger partial charge in [0.15, 0.2) is 5.96 Å². The van der Waals surface area contributed by atoms with Gasteiger partial charge in [0, 0.05) is 58.7 Å². The largest absolute Gasteiger partial charge is 0.489 e. The molecule has 0 amide bonds. The highest BCUT2D eigenvalue weighted by atomic mass is 127. The summed E-state index contributed by atoms with van der Waals surface area (Å²) in [5, 5.41) is 6.60. The molecule has 0 saturated carbocycles. The third-order valence-corrected chi connectivity index (χ3v) is 4.86. The Morgan fingerprint density at radius 3 is 2.45 bits per heavy atom. The number of halogens is 2. The molecular weight excluding hydrogens is 512 g/mol. The number of piperazine rings is 1. The lowest BCUT2D eigenvalue weighted by Gasteiger charge is -2.34. The second-order valence-corrected chi connectivity index (χ2v) is 7.14. The summed E-state index contributed by atoms with van der Waals surface area (Å²) in [5.41, 5.74) is 0. The van der Waals surface area contributed by atoms with Crippen LogP contribution >= 0.6 is 24.0 Å². The monoisotopic (exact) mass is 543 g/mol. The number of benzene rings is 1. The number of nitrogens with one attached hydrogen (secondary N) is 2. The van der Waals surface area contributed by atoms with Crippen LogP contribution in [0.5, 0.6) is 5.75 Å². The van der Waals surface area contributed by atoms with Crippen molar-refractivity contribution in [1.29, 1.82) is 0 Å². The van der Waals surface area contributed by atoms with Gasteiger partial charge in [0.25, 0.3) is 0 Å². The Labute approximate surface area is 200 Å². The topological polar surface area (TPSA) is 77.9 Å². The molecule has 2 N–H and O–H groups in total. The van der Waals surface area contributed by atoms with Crippen molar-refractivity contribution < 1.29 is 9.13 Å². The molecule has 1 unspecified atom stereocenters. The van der Waals surface area contributed by atoms with Crippen molar-refractivity contribution >= 4 is 35.9 Å². The first-order valence-corrected chi connectivity index (χ1v) is 10.2. The van der Waals surface area contributed by atoms with Gasteiger partial charge >= 0.3 is 0 Å². The van der Waals surface area contributed by atoms with Gasteiger partial charge in [-0.3, -0.25) is 9.89 Å². The van der Waals surface area contributed by atoms with Gasteiger partial charge in [-0.25, -0.2) is 14.4 Å². The number of hydrogen-bond acceptors (Lipinski definition) is 6. The number of nitrogens with zero attached hydrogens (tertiary/aromatic N) is 5. The van der Waals surface area contributed by atoms with Crippen molar-refractivity contribution in [1.82, 2.24) is 25.5 Å². The Bertz CT molecular complexity index is 786. The third-order valence-electron chi connectivity index (χ3n) is 4.86. The number of rotatable bonds is 8. The van der Waals surface area contributed by atoms with Crippen LogP contribution in [0.3, 0.4) is 0 Å². The van der Waals surface area contributed by atoms with E-state index < -0.39 is 0 Å². The molecule has 10 heteroatoms. The van der Waals surface area contributed by atoms with Crippen molar-refractivity contribution in [3.05, 3.63) is 48.5 Å². The predicted octanol–water partition coefficient (Wildman–Crippen LogP) is 1.99. The molecule has 0 aliphatic carbocycles. The molecule has 1 fully saturated rings. The fraction of sp³-hybridized carbons (Fsp3) is 0.476. The smallest absolute Gasteiger partial charge is 0.225 e. The lowest BCUT2D eigenvalue weighted by Crippen LogP contribution is -2.50. The number of ether oxygens (including phenoxy) is 1. The Kier molecular flexibility index (Phi) is 10.7. The highest BCUT2D eigenvalue weighted by Crippen LogP contribution is 2.12. The van der Waals surface area contributed by atoms with Crippen LogP contribution in [0.4, 0.5) is 10.3 Å². The van der Waals surface area contributed by atoms with E-state index in [4.69, 9.17) is 4.74 Å². The summed E-state index contributed by atoms with van der Waals surface area (Å²) in [4.78, 5) is 17.5. The van der Waals surface area contributed by atoms with Crippen LogP contribution in [0.25, 0.3) is 0 Å². The lowest BCUT2D eigenvalue weighted by molar-refractivity contribution is 0.223. The highest BCUT2D eigenvalue weighted by Gasteiger charge is 2.18. The summed E-state index contributed by atoms with van der Waals surface area (Å²) < 4.78 is 18.7. The van der Waals surface area contributed by atoms with Crippen molar-refractivity contribution in [3.8, 4) is 5.75 Å². The zero-order valence-corrected chi connectivity index (χ0v) is 20.3. The Morgan fingerprint density at radius 1 is 1.13 bits per heavy atom. The summed E-state index contributed by atoms with van der Waals surface area (Å²) in [5.74, 6) is 1.92. The predicted molar refractivity (Wildman–Crippen MR) is 132 cm³/mol. The van der Waals surface area contributed by atoms with E-state index in [1.165, 1.54) is 12.1 Å². The molecule has 31 heavy (non-hydrogen) atoms. The Morgan fingerprint density at radius 2 is 1.81 bits per heavy atom. The zero-order chi connectivity index (χ0) is 21.2. The lowest BCUT2D eigenvalue weighted by atomic mass is 10.3. The van der Waals surface area contributed by atoms with Gasteiger partial charge in [-0.15, -0.1) is 24.0 Å². The van der Waals surface area contributed by atoms with Crippen molar-refractivity contribution in [2.24, 2.45) is 4.99 Å². The highest BCUT2D eigenvalue weighted by molar-refractivity contribution is 14.0. The standard InChI is InChI=1S/C21H30FN7O.HI/c1-17(30-19-6-4-18(22)5-7-19)16-27-20(23-2)24-10-11-28-12-14-29(15-13-28)21-25-8-3-9-26-21;/h3-9,17H,10-16H2,1-2H3,(H2,23,24,27);1H. The van der Waals surface area contributed by atoms with Crippen molar-refractivity contribution in [2.75, 3.05) is 57.8 Å². The molecule has 2 heterocycles. The fourth-order valence-electron chi connectivity index (χ4n) is 3.21. The second-order valence-electron chi connectivity index (χ2n) is 7.14. The number of hydrogen-bond donors (Lipinski definition) is 2. The average Bonchev–Trinajstić information content (AvgIpc) is 2.78. The Balaban J connectivity index is 0.00000341. The summed E-state index contributed by atoms with van der Waals surface area (Å²) in [6, 6.07) is 7.87. The molecule has 0 spiro atoms. The summed E-state index contributed by atoms with van der Waals surface area (Å²) in [6.07, 6.45) is 3.48. The van der Waals surface area contributed by atoms with Gasteiger partial charge in [0.05, 0.1) is 6.54 Å². The van der Waals surface area contributed by atoms with E-state index in [1.54, 1.807) is 31.6 Å². The number of anilines is 1. The van der Waals surface area contributed by atoms with Crippen molar-refractivity contribution in [2.45, 2.75) is 13.0 Å². The van der Waals surface area contributed by atoms with Crippen LogP contribution in [0, 0.1) is 5.82 Å². The van der Waals surface area contributed by atoms with Crippen LogP contribution in [-0.4, -0.2) is 79.8 Å². The molecule has 2 aromatic rings. The van der Waals surface area contributed by atoms with E-state index in [0.29, 0.717) is 12.3 Å². The van der Waals surface area contributed by atoms with Crippen LogP contribution in [-0.2, 0) is 0 Å². The van der Waals surface area contributed by atoms with Crippen molar-refractivity contribution in [3.63, 3.8) is 0 Å². The molecule has 170 valence electrons. The van der Waals surface area contributed by atoms with Gasteiger partial charge in [0.1, 0.15) is 17.7 Å². The first-order valence-electron chi connectivity index (χ1n) is 10.2. The van der Waals surface area contributed by atoms with E-state index in [0.717, 1.165) is 51.2 Å². The minimum Gasteiger partial charge on any atom is -0.489 e. The second kappa shape index (κ2) is 13.3. The molecule has 1 aromatic heterocycles. The maximum atomic E-state index is 13.0. The van der Waals surface area contributed by atoms with Gasteiger partial charge < -0.3 is 20.3 Å². The van der Waals surface area contributed by atoms with E-state index in [-0.39, 0.29) is 35.9 Å². The molecule has 1 aliphatic rings. The van der Waals surface area contributed by atoms with E-state index >= 15 is 0 Å². The van der Waals surface area contributed by atoms with Crippen LogP contribution < -0.4 is 20.3 Å². The SMILES string of the molecule is CN=C(NCCN1CCN(c2ncccn2)CC1)NCC(C)Oc1ccc(F)cc1.I. The molecule has 1 aliphatic heterocycles. The molecule has 8 nitrogen and oxygen atoms in total. The molecular formula is C21H31FIN7O. The summed E-state index contributed by atoms with van der Waals surface area (Å²) >= 11 is 0. The zero-order valence-electron chi connectivity index (χ0n) is 18.0. The first kappa shape index (κ1) is 25.1. The number of aromatic nitrogens is 2. The molecule has 0 bridgehead atoms. The van der Waals surface area contributed by atoms with Crippen LogP contribution in [0.2, 0.25) is 0 Å².